The Morgan fingerprint density at radius 1 is 1.00 bits per heavy atom. The average molecular weight is 483 g/mol. The van der Waals surface area contributed by atoms with E-state index in [0.29, 0.717) is 16.9 Å². The number of H-pyrrole nitrogens is 1. The lowest BCUT2D eigenvalue weighted by Gasteiger charge is -2.22. The number of amides is 2. The minimum Gasteiger partial charge on any atom is -0.351 e. The van der Waals surface area contributed by atoms with Gasteiger partial charge in [-0.3, -0.25) is 19.0 Å². The van der Waals surface area contributed by atoms with Crippen LogP contribution >= 0.6 is 0 Å². The van der Waals surface area contributed by atoms with E-state index < -0.39 is 0 Å². The van der Waals surface area contributed by atoms with Gasteiger partial charge in [0.15, 0.2) is 0 Å². The summed E-state index contributed by atoms with van der Waals surface area (Å²) in [7, 11) is 0. The SMILES string of the molecule is CCC1=CCc2cc(C(=O)N[C@H]3CCCC3NC(=O)c3ccc(-n4ccccc4=O)cc3)[nH]c2C=C1. The van der Waals surface area contributed by atoms with Gasteiger partial charge in [-0.2, -0.15) is 0 Å². The second kappa shape index (κ2) is 10.2. The van der Waals surface area contributed by atoms with E-state index in [1.807, 2.05) is 12.1 Å². The first-order valence-corrected chi connectivity index (χ1v) is 12.5. The number of rotatable bonds is 6. The highest BCUT2D eigenvalue weighted by Gasteiger charge is 2.30. The van der Waals surface area contributed by atoms with Crippen LogP contribution < -0.4 is 16.2 Å². The zero-order chi connectivity index (χ0) is 25.1. The first kappa shape index (κ1) is 23.6. The Labute approximate surface area is 209 Å². The topological polar surface area (TPSA) is 96.0 Å². The Bertz CT molecular complexity index is 1390. The summed E-state index contributed by atoms with van der Waals surface area (Å²) in [5, 5.41) is 6.21. The van der Waals surface area contributed by atoms with E-state index in [9.17, 15) is 14.4 Å². The predicted octanol–water partition coefficient (Wildman–Crippen LogP) is 4.15. The number of benzene rings is 1. The van der Waals surface area contributed by atoms with Crippen molar-refractivity contribution in [1.29, 1.82) is 0 Å². The van der Waals surface area contributed by atoms with Gasteiger partial charge in [0.25, 0.3) is 17.4 Å². The summed E-state index contributed by atoms with van der Waals surface area (Å²) in [5.41, 5.74) is 4.99. The van der Waals surface area contributed by atoms with Gasteiger partial charge in [0.2, 0.25) is 0 Å². The minimum atomic E-state index is -0.191. The highest BCUT2D eigenvalue weighted by molar-refractivity contribution is 5.95. The van der Waals surface area contributed by atoms with Gasteiger partial charge in [-0.05, 0) is 80.1 Å². The van der Waals surface area contributed by atoms with Crippen LogP contribution in [0.25, 0.3) is 11.8 Å². The number of nitrogens with zero attached hydrogens (tertiary/aromatic N) is 1. The van der Waals surface area contributed by atoms with Gasteiger partial charge in [-0.15, -0.1) is 0 Å². The molecule has 0 bridgehead atoms. The number of aromatic amines is 1. The predicted molar refractivity (Wildman–Crippen MR) is 140 cm³/mol. The summed E-state index contributed by atoms with van der Waals surface area (Å²) in [6.07, 6.45) is 12.4. The number of hydrogen-bond donors (Lipinski definition) is 3. The fourth-order valence-corrected chi connectivity index (χ4v) is 4.93. The van der Waals surface area contributed by atoms with Crippen molar-refractivity contribution in [3.63, 3.8) is 0 Å². The standard InChI is InChI=1S/C29H30N4O3/c1-2-19-9-11-21-18-26(30-23(21)16-10-19)29(36)32-25-7-5-6-24(25)31-28(35)20-12-14-22(15-13-20)33-17-4-3-8-27(33)34/h3-4,8-10,12-18,24-25,30H,2,5-7,11H2,1H3,(H,31,35)(H,32,36)/t24?,25-/m0/s1. The maximum atomic E-state index is 13.0. The molecule has 0 spiro atoms. The molecule has 3 aromatic rings. The molecule has 0 radical (unpaired) electrons. The molecule has 1 aromatic carbocycles. The molecule has 7 nitrogen and oxygen atoms in total. The first-order valence-electron chi connectivity index (χ1n) is 12.5. The fourth-order valence-electron chi connectivity index (χ4n) is 4.93. The third-order valence-electron chi connectivity index (χ3n) is 7.01. The van der Waals surface area contributed by atoms with Crippen molar-refractivity contribution < 1.29 is 9.59 Å². The van der Waals surface area contributed by atoms with Crippen molar-refractivity contribution >= 4 is 17.9 Å². The van der Waals surface area contributed by atoms with Gasteiger partial charge in [-0.25, -0.2) is 0 Å². The Balaban J connectivity index is 1.22. The molecule has 1 saturated carbocycles. The van der Waals surface area contributed by atoms with E-state index in [2.05, 4.69) is 34.7 Å². The van der Waals surface area contributed by atoms with Crippen LogP contribution in [-0.4, -0.2) is 33.4 Å². The van der Waals surface area contributed by atoms with E-state index in [1.165, 1.54) is 16.2 Å². The molecule has 36 heavy (non-hydrogen) atoms. The van der Waals surface area contributed by atoms with E-state index in [-0.39, 0.29) is 29.5 Å². The van der Waals surface area contributed by atoms with E-state index >= 15 is 0 Å². The smallest absolute Gasteiger partial charge is 0.268 e. The van der Waals surface area contributed by atoms with Crippen LogP contribution in [-0.2, 0) is 6.42 Å². The maximum absolute atomic E-state index is 13.0. The zero-order valence-corrected chi connectivity index (χ0v) is 20.3. The molecule has 5 rings (SSSR count). The lowest BCUT2D eigenvalue weighted by molar-refractivity contribution is 0.0889. The van der Waals surface area contributed by atoms with Crippen LogP contribution in [0.2, 0.25) is 0 Å². The molecule has 2 amide bonds. The molecule has 1 unspecified atom stereocenters. The van der Waals surface area contributed by atoms with Crippen LogP contribution in [0.3, 0.4) is 0 Å². The van der Waals surface area contributed by atoms with Crippen molar-refractivity contribution in [3.05, 3.63) is 105 Å². The van der Waals surface area contributed by atoms with Crippen molar-refractivity contribution in [2.75, 3.05) is 0 Å². The Morgan fingerprint density at radius 2 is 1.75 bits per heavy atom. The Hall–Kier alpha value is -4.13. The van der Waals surface area contributed by atoms with E-state index in [4.69, 9.17) is 0 Å². The van der Waals surface area contributed by atoms with Crippen LogP contribution in [0, 0.1) is 0 Å². The second-order valence-electron chi connectivity index (χ2n) is 9.34. The van der Waals surface area contributed by atoms with Crippen LogP contribution in [0.4, 0.5) is 0 Å². The molecule has 2 aliphatic rings. The third kappa shape index (κ3) is 4.96. The van der Waals surface area contributed by atoms with Gasteiger partial charge in [0.05, 0.1) is 0 Å². The Morgan fingerprint density at radius 3 is 2.47 bits per heavy atom. The molecule has 2 atom stereocenters. The third-order valence-corrected chi connectivity index (χ3v) is 7.01. The number of carbonyl (C=O) groups is 2. The highest BCUT2D eigenvalue weighted by Crippen LogP contribution is 2.23. The summed E-state index contributed by atoms with van der Waals surface area (Å²) in [6.45, 7) is 2.13. The molecular formula is C29H30N4O3. The molecule has 3 N–H and O–H groups in total. The van der Waals surface area contributed by atoms with Crippen molar-refractivity contribution in [2.24, 2.45) is 0 Å². The normalized spacial score (nSPS) is 18.8. The van der Waals surface area contributed by atoms with Crippen molar-refractivity contribution in [2.45, 2.75) is 51.1 Å². The van der Waals surface area contributed by atoms with Crippen LogP contribution in [0.5, 0.6) is 0 Å². The average Bonchev–Trinajstić information content (AvgIpc) is 3.46. The largest absolute Gasteiger partial charge is 0.351 e. The van der Waals surface area contributed by atoms with Gasteiger partial charge in [0, 0.05) is 41.3 Å². The molecule has 2 aromatic heterocycles. The number of hydrogen-bond acceptors (Lipinski definition) is 3. The number of nitrogens with one attached hydrogen (secondary N) is 3. The number of aromatic nitrogens is 2. The summed E-state index contributed by atoms with van der Waals surface area (Å²) in [6, 6.07) is 13.6. The summed E-state index contributed by atoms with van der Waals surface area (Å²) in [5.74, 6) is -0.344. The van der Waals surface area contributed by atoms with Gasteiger partial charge in [-0.1, -0.05) is 30.7 Å². The van der Waals surface area contributed by atoms with Crippen LogP contribution in [0.15, 0.2) is 77.2 Å². The monoisotopic (exact) mass is 482 g/mol. The van der Waals surface area contributed by atoms with Gasteiger partial charge in [0.1, 0.15) is 5.69 Å². The zero-order valence-electron chi connectivity index (χ0n) is 20.3. The summed E-state index contributed by atoms with van der Waals surface area (Å²) in [4.78, 5) is 41.2. The van der Waals surface area contributed by atoms with Gasteiger partial charge >= 0.3 is 0 Å². The summed E-state index contributed by atoms with van der Waals surface area (Å²) >= 11 is 0. The summed E-state index contributed by atoms with van der Waals surface area (Å²) < 4.78 is 1.53. The number of pyridine rings is 1. The highest BCUT2D eigenvalue weighted by atomic mass is 16.2. The molecule has 2 heterocycles. The molecular weight excluding hydrogens is 452 g/mol. The van der Waals surface area contributed by atoms with Crippen molar-refractivity contribution in [1.82, 2.24) is 20.2 Å². The molecule has 7 heteroatoms. The number of allylic oxidation sites excluding steroid dienone is 3. The minimum absolute atomic E-state index is 0.129. The lowest BCUT2D eigenvalue weighted by Crippen LogP contribution is -2.48. The van der Waals surface area contributed by atoms with Crippen molar-refractivity contribution in [3.8, 4) is 5.69 Å². The van der Waals surface area contributed by atoms with E-state index in [1.54, 1.807) is 42.6 Å². The van der Waals surface area contributed by atoms with Gasteiger partial charge < -0.3 is 15.6 Å². The fraction of sp³-hybridized carbons (Fsp3) is 0.276. The first-order chi connectivity index (χ1) is 17.5. The molecule has 184 valence electrons. The number of fused-ring (bicyclic) bond motifs is 1. The quantitative estimate of drug-likeness (QED) is 0.492. The number of carbonyl (C=O) groups excluding carboxylic acids is 2. The second-order valence-corrected chi connectivity index (χ2v) is 9.34. The molecule has 1 fully saturated rings. The maximum Gasteiger partial charge on any atom is 0.268 e. The van der Waals surface area contributed by atoms with Crippen LogP contribution in [0.1, 0.15) is 64.7 Å². The lowest BCUT2D eigenvalue weighted by atomic mass is 10.1. The molecule has 0 saturated heterocycles. The van der Waals surface area contributed by atoms with E-state index in [0.717, 1.165) is 43.4 Å². The molecule has 2 aliphatic carbocycles. The molecule has 0 aliphatic heterocycles. The Kier molecular flexibility index (Phi) is 6.71.